The van der Waals surface area contributed by atoms with E-state index in [2.05, 4.69) is 5.43 Å². The third-order valence-corrected chi connectivity index (χ3v) is 1.82. The van der Waals surface area contributed by atoms with Gasteiger partial charge in [0, 0.05) is 0 Å². The van der Waals surface area contributed by atoms with Gasteiger partial charge in [0.15, 0.2) is 0 Å². The number of nitrogens with two attached hydrogens (primary N) is 1. The van der Waals surface area contributed by atoms with Gasteiger partial charge in [-0.2, -0.15) is 0 Å². The lowest BCUT2D eigenvalue weighted by molar-refractivity contribution is -0.115. The summed E-state index contributed by atoms with van der Waals surface area (Å²) in [6.45, 7) is 0.763. The Kier molecular flexibility index (Phi) is 1.40. The molecule has 0 saturated carbocycles. The van der Waals surface area contributed by atoms with E-state index in [1.54, 1.807) is 6.08 Å². The second kappa shape index (κ2) is 2.41. The number of primary amides is 1. The highest BCUT2D eigenvalue weighted by molar-refractivity contribution is 5.92. The molecular formula is C8H9N3O. The molecule has 4 nitrogen and oxygen atoms in total. The number of hydrogen-bond donors (Lipinski definition) is 2. The van der Waals surface area contributed by atoms with Gasteiger partial charge in [-0.1, -0.05) is 12.2 Å². The largest absolute Gasteiger partial charge is 0.364 e. The topological polar surface area (TPSA) is 58.4 Å². The number of nitrogens with one attached hydrogen (secondary N) is 1. The minimum atomic E-state index is -0.426. The molecule has 0 spiro atoms. The van der Waals surface area contributed by atoms with Crippen molar-refractivity contribution in [1.82, 2.24) is 10.4 Å². The molecule has 12 heavy (non-hydrogen) atoms. The zero-order valence-corrected chi connectivity index (χ0v) is 6.45. The fourth-order valence-electron chi connectivity index (χ4n) is 1.22. The van der Waals surface area contributed by atoms with Crippen molar-refractivity contribution < 1.29 is 4.79 Å². The second-order valence-corrected chi connectivity index (χ2v) is 2.66. The number of carbonyl (C=O) groups excluding carboxylic acids is 1. The Bertz CT molecular complexity index is 314. The minimum Gasteiger partial charge on any atom is -0.364 e. The maximum Gasteiger partial charge on any atom is 0.266 e. The normalized spacial score (nSPS) is 19.5. The molecule has 2 aliphatic heterocycles. The first-order valence-electron chi connectivity index (χ1n) is 3.70. The average Bonchev–Trinajstić information content (AvgIpc) is 2.46. The fourth-order valence-corrected chi connectivity index (χ4v) is 1.22. The molecule has 0 aromatic carbocycles. The van der Waals surface area contributed by atoms with E-state index in [9.17, 15) is 4.79 Å². The Hall–Kier alpha value is -1.71. The van der Waals surface area contributed by atoms with Crippen LogP contribution in [-0.4, -0.2) is 17.5 Å². The van der Waals surface area contributed by atoms with Gasteiger partial charge in [0.05, 0.1) is 12.2 Å². The summed E-state index contributed by atoms with van der Waals surface area (Å²) in [5.74, 6) is -0.426. The van der Waals surface area contributed by atoms with Crippen LogP contribution in [-0.2, 0) is 4.79 Å². The summed E-state index contributed by atoms with van der Waals surface area (Å²) < 4.78 is 0. The van der Waals surface area contributed by atoms with Crippen LogP contribution in [0, 0.1) is 0 Å². The monoisotopic (exact) mass is 163 g/mol. The van der Waals surface area contributed by atoms with Crippen molar-refractivity contribution in [2.75, 3.05) is 6.54 Å². The van der Waals surface area contributed by atoms with E-state index in [1.807, 2.05) is 23.2 Å². The average molecular weight is 163 g/mol. The van der Waals surface area contributed by atoms with Crippen LogP contribution in [0.5, 0.6) is 0 Å². The molecule has 62 valence electrons. The molecule has 4 heteroatoms. The number of fused-ring (bicyclic) bond motifs is 1. The lowest BCUT2D eigenvalue weighted by Gasteiger charge is -2.21. The minimum absolute atomic E-state index is 0.426. The summed E-state index contributed by atoms with van der Waals surface area (Å²) in [6.07, 6.45) is 7.61. The summed E-state index contributed by atoms with van der Waals surface area (Å²) >= 11 is 0. The summed E-state index contributed by atoms with van der Waals surface area (Å²) in [5.41, 5.74) is 9.43. The van der Waals surface area contributed by atoms with Gasteiger partial charge in [-0.15, -0.1) is 0 Å². The molecule has 0 fully saturated rings. The van der Waals surface area contributed by atoms with E-state index in [1.165, 1.54) is 0 Å². The first-order chi connectivity index (χ1) is 5.77. The predicted octanol–water partition coefficient (Wildman–Crippen LogP) is -0.370. The second-order valence-electron chi connectivity index (χ2n) is 2.66. The summed E-state index contributed by atoms with van der Waals surface area (Å²) in [4.78, 5) is 10.8. The van der Waals surface area contributed by atoms with Gasteiger partial charge in [-0.3, -0.25) is 15.2 Å². The van der Waals surface area contributed by atoms with Crippen LogP contribution in [0.15, 0.2) is 35.7 Å². The van der Waals surface area contributed by atoms with Crippen LogP contribution < -0.4 is 11.2 Å². The fraction of sp³-hybridized carbons (Fsp3) is 0.125. The molecule has 0 radical (unpaired) electrons. The van der Waals surface area contributed by atoms with Crippen molar-refractivity contribution in [3.05, 3.63) is 35.7 Å². The zero-order chi connectivity index (χ0) is 8.55. The Morgan fingerprint density at radius 3 is 3.17 bits per heavy atom. The molecular weight excluding hydrogens is 154 g/mol. The van der Waals surface area contributed by atoms with Gasteiger partial charge in [0.25, 0.3) is 5.91 Å². The maximum atomic E-state index is 10.8. The third-order valence-electron chi connectivity index (χ3n) is 1.82. The lowest BCUT2D eigenvalue weighted by Crippen LogP contribution is -2.35. The third kappa shape index (κ3) is 0.972. The molecule has 0 aromatic rings. The van der Waals surface area contributed by atoms with Crippen molar-refractivity contribution in [1.29, 1.82) is 0 Å². The van der Waals surface area contributed by atoms with Gasteiger partial charge in [-0.25, -0.2) is 0 Å². The smallest absolute Gasteiger partial charge is 0.266 e. The number of carbonyl (C=O) groups is 1. The Morgan fingerprint density at radius 2 is 2.50 bits per heavy atom. The first kappa shape index (κ1) is 6.97. The van der Waals surface area contributed by atoms with Crippen molar-refractivity contribution in [3.8, 4) is 0 Å². The Labute approximate surface area is 70.0 Å². The van der Waals surface area contributed by atoms with Crippen LogP contribution in [0.2, 0.25) is 0 Å². The Morgan fingerprint density at radius 1 is 1.67 bits per heavy atom. The van der Waals surface area contributed by atoms with Crippen molar-refractivity contribution in [3.63, 3.8) is 0 Å². The number of allylic oxidation sites excluding steroid dienone is 3. The molecule has 2 rings (SSSR count). The number of hydrogen-bond acceptors (Lipinski definition) is 3. The maximum absolute atomic E-state index is 10.8. The van der Waals surface area contributed by atoms with E-state index < -0.39 is 5.91 Å². The number of rotatable bonds is 1. The number of amides is 1. The highest BCUT2D eigenvalue weighted by atomic mass is 16.1. The molecule has 0 bridgehead atoms. The molecule has 0 unspecified atom stereocenters. The summed E-state index contributed by atoms with van der Waals surface area (Å²) in [7, 11) is 0. The number of hydrazine groups is 1. The van der Waals surface area contributed by atoms with Crippen LogP contribution >= 0.6 is 0 Å². The van der Waals surface area contributed by atoms with E-state index in [-0.39, 0.29) is 0 Å². The van der Waals surface area contributed by atoms with Gasteiger partial charge < -0.3 is 5.73 Å². The SMILES string of the molecule is NC(=O)C1=CC2=CC=CCN2N1. The van der Waals surface area contributed by atoms with Crippen molar-refractivity contribution in [2.24, 2.45) is 5.73 Å². The van der Waals surface area contributed by atoms with E-state index >= 15 is 0 Å². The molecule has 2 aliphatic rings. The molecule has 0 aromatic heterocycles. The highest BCUT2D eigenvalue weighted by Gasteiger charge is 2.20. The number of nitrogens with zero attached hydrogens (tertiary/aromatic N) is 1. The summed E-state index contributed by atoms with van der Waals surface area (Å²) in [5, 5.41) is 1.86. The predicted molar refractivity (Wildman–Crippen MR) is 44.3 cm³/mol. The lowest BCUT2D eigenvalue weighted by atomic mass is 10.2. The van der Waals surface area contributed by atoms with Crippen LogP contribution in [0.1, 0.15) is 0 Å². The molecule has 1 amide bonds. The molecule has 0 aliphatic carbocycles. The van der Waals surface area contributed by atoms with Crippen LogP contribution in [0.4, 0.5) is 0 Å². The van der Waals surface area contributed by atoms with Gasteiger partial charge in [0.1, 0.15) is 5.70 Å². The summed E-state index contributed by atoms with van der Waals surface area (Å²) in [6, 6.07) is 0. The van der Waals surface area contributed by atoms with Gasteiger partial charge in [0.2, 0.25) is 0 Å². The molecule has 2 heterocycles. The Balaban J connectivity index is 2.27. The van der Waals surface area contributed by atoms with E-state index in [4.69, 9.17) is 5.73 Å². The van der Waals surface area contributed by atoms with E-state index in [0.717, 1.165) is 12.2 Å². The molecule has 0 saturated heterocycles. The van der Waals surface area contributed by atoms with Crippen LogP contribution in [0.3, 0.4) is 0 Å². The van der Waals surface area contributed by atoms with Crippen molar-refractivity contribution >= 4 is 5.91 Å². The molecule has 3 N–H and O–H groups in total. The standard InChI is InChI=1S/C8H9N3O/c9-8(12)7-5-6-3-1-2-4-11(6)10-7/h1-3,5,10H,4H2,(H2,9,12). The van der Waals surface area contributed by atoms with Gasteiger partial charge >= 0.3 is 0 Å². The quantitative estimate of drug-likeness (QED) is 0.554. The highest BCUT2D eigenvalue weighted by Crippen LogP contribution is 2.16. The molecule has 0 atom stereocenters. The van der Waals surface area contributed by atoms with Gasteiger partial charge in [-0.05, 0) is 12.2 Å². The van der Waals surface area contributed by atoms with E-state index in [0.29, 0.717) is 5.70 Å². The zero-order valence-electron chi connectivity index (χ0n) is 6.45. The van der Waals surface area contributed by atoms with Crippen LogP contribution in [0.25, 0.3) is 0 Å². The van der Waals surface area contributed by atoms with Crippen molar-refractivity contribution in [2.45, 2.75) is 0 Å². The first-order valence-corrected chi connectivity index (χ1v) is 3.70.